The number of amides is 1. The van der Waals surface area contributed by atoms with Gasteiger partial charge in [0.2, 0.25) is 0 Å². The third-order valence-corrected chi connectivity index (χ3v) is 3.32. The number of aliphatic hydroxyl groups excluding tert-OH is 1. The van der Waals surface area contributed by atoms with Crippen molar-refractivity contribution in [3.05, 3.63) is 39.9 Å². The molecule has 0 bridgehead atoms. The van der Waals surface area contributed by atoms with Crippen LogP contribution in [-0.2, 0) is 11.3 Å². The van der Waals surface area contributed by atoms with Crippen molar-refractivity contribution in [3.8, 4) is 5.75 Å². The molecular formula is C11H9Cl2NO3. The molecule has 6 heteroatoms. The van der Waals surface area contributed by atoms with Crippen LogP contribution in [0.4, 0.5) is 0 Å². The fourth-order valence-electron chi connectivity index (χ4n) is 1.55. The second-order valence-corrected chi connectivity index (χ2v) is 4.42. The van der Waals surface area contributed by atoms with Crippen LogP contribution in [0.3, 0.4) is 0 Å². The van der Waals surface area contributed by atoms with Crippen molar-refractivity contribution < 1.29 is 15.0 Å². The summed E-state index contributed by atoms with van der Waals surface area (Å²) in [6, 6.07) is 6.29. The van der Waals surface area contributed by atoms with Gasteiger partial charge in [0.25, 0.3) is 5.91 Å². The molecule has 90 valence electrons. The number of aliphatic hydroxyl groups is 1. The highest BCUT2D eigenvalue weighted by Gasteiger charge is 2.36. The van der Waals surface area contributed by atoms with Gasteiger partial charge < -0.3 is 15.1 Å². The Hall–Kier alpha value is -1.23. The molecule has 1 unspecified atom stereocenters. The van der Waals surface area contributed by atoms with Gasteiger partial charge in [0.05, 0.1) is 5.03 Å². The number of aromatic hydroxyl groups is 1. The Kier molecular flexibility index (Phi) is 3.28. The molecule has 1 amide bonds. The highest BCUT2D eigenvalue weighted by atomic mass is 35.5. The number of phenols is 1. The molecule has 1 heterocycles. The molecule has 1 aromatic rings. The highest BCUT2D eigenvalue weighted by Crippen LogP contribution is 2.31. The van der Waals surface area contributed by atoms with E-state index in [0.717, 1.165) is 10.5 Å². The molecule has 0 aromatic heterocycles. The molecule has 1 aliphatic heterocycles. The predicted octanol–water partition coefficient (Wildman–Crippen LogP) is 1.74. The van der Waals surface area contributed by atoms with Gasteiger partial charge in [-0.05, 0) is 17.7 Å². The number of rotatable bonds is 2. The first-order valence-corrected chi connectivity index (χ1v) is 5.58. The zero-order valence-electron chi connectivity index (χ0n) is 8.60. The number of carbonyl (C=O) groups is 1. The molecule has 0 saturated heterocycles. The second kappa shape index (κ2) is 4.56. The molecule has 2 rings (SSSR count). The first-order valence-electron chi connectivity index (χ1n) is 4.83. The van der Waals surface area contributed by atoms with E-state index in [1.165, 1.54) is 12.1 Å². The summed E-state index contributed by atoms with van der Waals surface area (Å²) in [5.41, 5.74) is 0.756. The Bertz CT molecular complexity index is 484. The number of hydrogen-bond donors (Lipinski definition) is 2. The molecule has 0 fully saturated rings. The smallest absolute Gasteiger partial charge is 0.269 e. The van der Waals surface area contributed by atoms with E-state index in [2.05, 4.69) is 0 Å². The lowest BCUT2D eigenvalue weighted by Crippen LogP contribution is -2.34. The first-order chi connectivity index (χ1) is 8.00. The summed E-state index contributed by atoms with van der Waals surface area (Å²) in [7, 11) is 0. The molecule has 0 aliphatic carbocycles. The normalized spacial score (nSPS) is 20.3. The van der Waals surface area contributed by atoms with E-state index < -0.39 is 12.1 Å². The minimum absolute atomic E-state index is 0.0598. The summed E-state index contributed by atoms with van der Waals surface area (Å²) in [5.74, 6) is -0.367. The standard InChI is InChI=1S/C11H9Cl2NO3/c12-8-9(13)11(17)14(10(8)16)5-6-1-3-7(15)4-2-6/h1-4,10,15-16H,5H2. The van der Waals surface area contributed by atoms with Crippen molar-refractivity contribution in [1.29, 1.82) is 0 Å². The zero-order chi connectivity index (χ0) is 12.6. The maximum absolute atomic E-state index is 11.6. The number of nitrogens with zero attached hydrogens (tertiary/aromatic N) is 1. The third kappa shape index (κ3) is 2.24. The summed E-state index contributed by atoms with van der Waals surface area (Å²) in [5, 5.41) is 18.6. The summed E-state index contributed by atoms with van der Waals surface area (Å²) >= 11 is 11.3. The van der Waals surface area contributed by atoms with Gasteiger partial charge in [0, 0.05) is 6.54 Å². The van der Waals surface area contributed by atoms with Gasteiger partial charge in [-0.15, -0.1) is 0 Å². The fraction of sp³-hybridized carbons (Fsp3) is 0.182. The van der Waals surface area contributed by atoms with Crippen LogP contribution in [0, 0.1) is 0 Å². The molecule has 0 radical (unpaired) electrons. The molecule has 17 heavy (non-hydrogen) atoms. The topological polar surface area (TPSA) is 60.8 Å². The van der Waals surface area contributed by atoms with Crippen LogP contribution in [0.1, 0.15) is 5.56 Å². The summed E-state index contributed by atoms with van der Waals surface area (Å²) < 4.78 is 0. The third-order valence-electron chi connectivity index (χ3n) is 2.47. The van der Waals surface area contributed by atoms with E-state index in [1.807, 2.05) is 0 Å². The second-order valence-electron chi connectivity index (χ2n) is 3.64. The Morgan fingerprint density at radius 1 is 1.24 bits per heavy atom. The lowest BCUT2D eigenvalue weighted by molar-refractivity contribution is -0.132. The van der Waals surface area contributed by atoms with E-state index in [-0.39, 0.29) is 22.4 Å². The van der Waals surface area contributed by atoms with Crippen molar-refractivity contribution in [2.24, 2.45) is 0 Å². The van der Waals surface area contributed by atoms with Crippen molar-refractivity contribution in [2.75, 3.05) is 0 Å². The number of carbonyl (C=O) groups excluding carboxylic acids is 1. The molecule has 1 aliphatic rings. The highest BCUT2D eigenvalue weighted by molar-refractivity contribution is 6.49. The molecule has 2 N–H and O–H groups in total. The first kappa shape index (κ1) is 12.2. The number of phenolic OH excluding ortho intramolecular Hbond substituents is 1. The van der Waals surface area contributed by atoms with Crippen LogP contribution in [-0.4, -0.2) is 27.2 Å². The monoisotopic (exact) mass is 273 g/mol. The molecule has 1 atom stereocenters. The van der Waals surface area contributed by atoms with Gasteiger partial charge in [0.15, 0.2) is 6.23 Å². The SMILES string of the molecule is O=C1C(Cl)=C(Cl)C(O)N1Cc1ccc(O)cc1. The van der Waals surface area contributed by atoms with E-state index in [9.17, 15) is 9.90 Å². The van der Waals surface area contributed by atoms with Crippen LogP contribution < -0.4 is 0 Å². The molecule has 0 saturated carbocycles. The average Bonchev–Trinajstić information content (AvgIpc) is 2.50. The van der Waals surface area contributed by atoms with Gasteiger partial charge in [-0.1, -0.05) is 35.3 Å². The van der Waals surface area contributed by atoms with Crippen molar-refractivity contribution in [2.45, 2.75) is 12.8 Å². The zero-order valence-corrected chi connectivity index (χ0v) is 10.1. The van der Waals surface area contributed by atoms with Gasteiger partial charge in [-0.25, -0.2) is 0 Å². The maximum atomic E-state index is 11.6. The Balaban J connectivity index is 2.16. The fourth-order valence-corrected chi connectivity index (χ4v) is 1.95. The van der Waals surface area contributed by atoms with Crippen molar-refractivity contribution in [1.82, 2.24) is 4.90 Å². The van der Waals surface area contributed by atoms with Gasteiger partial charge in [-0.3, -0.25) is 4.79 Å². The van der Waals surface area contributed by atoms with Gasteiger partial charge in [0.1, 0.15) is 10.8 Å². The quantitative estimate of drug-likeness (QED) is 0.863. The van der Waals surface area contributed by atoms with Crippen LogP contribution in [0.5, 0.6) is 5.75 Å². The maximum Gasteiger partial charge on any atom is 0.269 e. The predicted molar refractivity (Wildman–Crippen MR) is 63.4 cm³/mol. The van der Waals surface area contributed by atoms with Gasteiger partial charge in [-0.2, -0.15) is 0 Å². The Labute approximate surface area is 108 Å². The molecule has 4 nitrogen and oxygen atoms in total. The molecule has 1 aromatic carbocycles. The van der Waals surface area contributed by atoms with Crippen LogP contribution in [0.15, 0.2) is 34.3 Å². The van der Waals surface area contributed by atoms with Crippen molar-refractivity contribution >= 4 is 29.1 Å². The van der Waals surface area contributed by atoms with Gasteiger partial charge >= 0.3 is 0 Å². The Morgan fingerprint density at radius 2 is 1.82 bits per heavy atom. The molecule has 0 spiro atoms. The van der Waals surface area contributed by atoms with Crippen LogP contribution >= 0.6 is 23.2 Å². The summed E-state index contributed by atoms with van der Waals surface area (Å²) in [4.78, 5) is 12.8. The van der Waals surface area contributed by atoms with Crippen LogP contribution in [0.25, 0.3) is 0 Å². The van der Waals surface area contributed by atoms with E-state index in [0.29, 0.717) is 0 Å². The summed E-state index contributed by atoms with van der Waals surface area (Å²) in [6.45, 7) is 0.173. The van der Waals surface area contributed by atoms with E-state index in [1.54, 1.807) is 12.1 Å². The molecular weight excluding hydrogens is 265 g/mol. The average molecular weight is 274 g/mol. The van der Waals surface area contributed by atoms with E-state index >= 15 is 0 Å². The number of hydrogen-bond acceptors (Lipinski definition) is 3. The van der Waals surface area contributed by atoms with E-state index in [4.69, 9.17) is 28.3 Å². The largest absolute Gasteiger partial charge is 0.508 e. The summed E-state index contributed by atoms with van der Waals surface area (Å²) in [6.07, 6.45) is -1.20. The lowest BCUT2D eigenvalue weighted by Gasteiger charge is -2.21. The minimum Gasteiger partial charge on any atom is -0.508 e. The minimum atomic E-state index is -1.20. The number of halogens is 2. The van der Waals surface area contributed by atoms with Crippen molar-refractivity contribution in [3.63, 3.8) is 0 Å². The number of benzene rings is 1. The lowest BCUT2D eigenvalue weighted by atomic mass is 10.2. The Morgan fingerprint density at radius 3 is 2.29 bits per heavy atom. The van der Waals surface area contributed by atoms with Crippen LogP contribution in [0.2, 0.25) is 0 Å².